The van der Waals surface area contributed by atoms with Crippen molar-refractivity contribution in [1.29, 1.82) is 0 Å². The van der Waals surface area contributed by atoms with Crippen LogP contribution in [-0.4, -0.2) is 23.8 Å². The van der Waals surface area contributed by atoms with Crippen LogP contribution in [0.3, 0.4) is 0 Å². The standard InChI is InChI=1S/C15H20FIN2O/c16-11-7-14(13(18)8-12(11)17)19-6-5-15(20)4-2-1-3-10(15)9-19/h7-8,10,20H,1-6,9,18H2. The van der Waals surface area contributed by atoms with Gasteiger partial charge in [0.15, 0.2) is 0 Å². The quantitative estimate of drug-likeness (QED) is 0.572. The number of aliphatic hydroxyl groups is 1. The van der Waals surface area contributed by atoms with Gasteiger partial charge < -0.3 is 15.7 Å². The zero-order chi connectivity index (χ0) is 14.3. The zero-order valence-electron chi connectivity index (χ0n) is 11.4. The number of hydrogen-bond donors (Lipinski definition) is 2. The Labute approximate surface area is 132 Å². The molecule has 1 aromatic carbocycles. The summed E-state index contributed by atoms with van der Waals surface area (Å²) in [5.41, 5.74) is 6.93. The lowest BCUT2D eigenvalue weighted by Gasteiger charge is -2.48. The minimum Gasteiger partial charge on any atom is -0.397 e. The van der Waals surface area contributed by atoms with E-state index >= 15 is 0 Å². The fourth-order valence-electron chi connectivity index (χ4n) is 3.62. The first-order valence-electron chi connectivity index (χ1n) is 7.21. The maximum atomic E-state index is 13.8. The van der Waals surface area contributed by atoms with Gasteiger partial charge in [0.05, 0.1) is 20.5 Å². The average Bonchev–Trinajstić information content (AvgIpc) is 2.42. The number of hydrogen-bond acceptors (Lipinski definition) is 3. The number of anilines is 2. The summed E-state index contributed by atoms with van der Waals surface area (Å²) in [7, 11) is 0. The number of nitrogens with zero attached hydrogens (tertiary/aromatic N) is 1. The highest BCUT2D eigenvalue weighted by Gasteiger charge is 2.43. The van der Waals surface area contributed by atoms with E-state index in [1.54, 1.807) is 6.07 Å². The van der Waals surface area contributed by atoms with Gasteiger partial charge in [-0.25, -0.2) is 4.39 Å². The van der Waals surface area contributed by atoms with Crippen molar-refractivity contribution in [3.8, 4) is 0 Å². The lowest BCUT2D eigenvalue weighted by Crippen LogP contribution is -2.53. The molecule has 0 spiro atoms. The highest BCUT2D eigenvalue weighted by Crippen LogP contribution is 2.42. The van der Waals surface area contributed by atoms with Crippen LogP contribution in [0.2, 0.25) is 0 Å². The molecule has 2 atom stereocenters. The molecule has 1 heterocycles. The molecule has 1 saturated carbocycles. The average molecular weight is 390 g/mol. The van der Waals surface area contributed by atoms with Crippen LogP contribution in [0, 0.1) is 15.3 Å². The van der Waals surface area contributed by atoms with Crippen molar-refractivity contribution in [2.75, 3.05) is 23.7 Å². The number of fused-ring (bicyclic) bond motifs is 1. The van der Waals surface area contributed by atoms with Crippen LogP contribution in [0.5, 0.6) is 0 Å². The summed E-state index contributed by atoms with van der Waals surface area (Å²) in [6.07, 6.45) is 5.01. The number of benzene rings is 1. The maximum absolute atomic E-state index is 13.8. The normalized spacial score (nSPS) is 30.1. The Balaban J connectivity index is 1.84. The summed E-state index contributed by atoms with van der Waals surface area (Å²) >= 11 is 1.96. The number of halogens is 2. The smallest absolute Gasteiger partial charge is 0.138 e. The molecule has 2 unspecified atom stereocenters. The summed E-state index contributed by atoms with van der Waals surface area (Å²) < 4.78 is 14.3. The van der Waals surface area contributed by atoms with Gasteiger partial charge in [0.1, 0.15) is 5.82 Å². The number of rotatable bonds is 1. The molecular weight excluding hydrogens is 370 g/mol. The number of nitrogens with two attached hydrogens (primary N) is 1. The van der Waals surface area contributed by atoms with Crippen molar-refractivity contribution in [2.24, 2.45) is 5.92 Å². The van der Waals surface area contributed by atoms with Crippen LogP contribution in [-0.2, 0) is 0 Å². The Morgan fingerprint density at radius 2 is 2.15 bits per heavy atom. The predicted molar refractivity (Wildman–Crippen MR) is 87.3 cm³/mol. The van der Waals surface area contributed by atoms with Gasteiger partial charge in [-0.3, -0.25) is 0 Å². The van der Waals surface area contributed by atoms with E-state index in [2.05, 4.69) is 4.90 Å². The Hall–Kier alpha value is -0.560. The summed E-state index contributed by atoms with van der Waals surface area (Å²) in [6.45, 7) is 1.53. The van der Waals surface area contributed by atoms with Crippen molar-refractivity contribution in [3.05, 3.63) is 21.5 Å². The van der Waals surface area contributed by atoms with E-state index < -0.39 is 5.60 Å². The molecule has 0 amide bonds. The molecule has 1 aliphatic heterocycles. The van der Waals surface area contributed by atoms with Gasteiger partial charge >= 0.3 is 0 Å². The summed E-state index contributed by atoms with van der Waals surface area (Å²) in [5, 5.41) is 10.7. The van der Waals surface area contributed by atoms with Crippen LogP contribution >= 0.6 is 22.6 Å². The molecule has 2 fully saturated rings. The molecule has 0 radical (unpaired) electrons. The van der Waals surface area contributed by atoms with E-state index in [9.17, 15) is 9.50 Å². The Kier molecular flexibility index (Phi) is 3.83. The monoisotopic (exact) mass is 390 g/mol. The minimum absolute atomic E-state index is 0.223. The van der Waals surface area contributed by atoms with Gasteiger partial charge in [-0.05, 0) is 47.9 Å². The first kappa shape index (κ1) is 14.4. The maximum Gasteiger partial charge on any atom is 0.138 e. The highest BCUT2D eigenvalue weighted by molar-refractivity contribution is 14.1. The van der Waals surface area contributed by atoms with Crippen LogP contribution in [0.15, 0.2) is 12.1 Å². The topological polar surface area (TPSA) is 49.5 Å². The van der Waals surface area contributed by atoms with E-state index in [0.29, 0.717) is 9.26 Å². The molecule has 1 aromatic rings. The second kappa shape index (κ2) is 5.33. The third-order valence-corrected chi connectivity index (χ3v) is 5.66. The Morgan fingerprint density at radius 3 is 2.95 bits per heavy atom. The van der Waals surface area contributed by atoms with Gasteiger partial charge in [-0.2, -0.15) is 0 Å². The van der Waals surface area contributed by atoms with E-state index in [-0.39, 0.29) is 11.7 Å². The number of nitrogen functional groups attached to an aromatic ring is 1. The van der Waals surface area contributed by atoms with Crippen molar-refractivity contribution >= 4 is 34.0 Å². The summed E-state index contributed by atoms with van der Waals surface area (Å²) in [4.78, 5) is 2.14. The number of piperidine rings is 1. The summed E-state index contributed by atoms with van der Waals surface area (Å²) in [6, 6.07) is 3.22. The molecular formula is C15H20FIN2O. The molecule has 5 heteroatoms. The van der Waals surface area contributed by atoms with Gasteiger partial charge in [0.2, 0.25) is 0 Å². The Morgan fingerprint density at radius 1 is 1.35 bits per heavy atom. The van der Waals surface area contributed by atoms with Crippen LogP contribution in [0.4, 0.5) is 15.8 Å². The second-order valence-electron chi connectivity index (χ2n) is 6.07. The third-order valence-electron chi connectivity index (χ3n) is 4.84. The fourth-order valence-corrected chi connectivity index (χ4v) is 4.11. The molecule has 3 nitrogen and oxygen atoms in total. The van der Waals surface area contributed by atoms with Crippen LogP contribution in [0.25, 0.3) is 0 Å². The first-order valence-corrected chi connectivity index (χ1v) is 8.29. The molecule has 110 valence electrons. The van der Waals surface area contributed by atoms with Crippen molar-refractivity contribution in [1.82, 2.24) is 0 Å². The van der Waals surface area contributed by atoms with E-state index in [4.69, 9.17) is 5.73 Å². The van der Waals surface area contributed by atoms with Crippen LogP contribution in [0.1, 0.15) is 32.1 Å². The molecule has 3 rings (SSSR count). The first-order chi connectivity index (χ1) is 9.49. The molecule has 2 aliphatic rings. The molecule has 0 aromatic heterocycles. The minimum atomic E-state index is -0.509. The summed E-state index contributed by atoms with van der Waals surface area (Å²) in [5.74, 6) is 0.0611. The van der Waals surface area contributed by atoms with E-state index in [1.165, 1.54) is 12.5 Å². The Bertz CT molecular complexity index is 525. The largest absolute Gasteiger partial charge is 0.397 e. The second-order valence-corrected chi connectivity index (χ2v) is 7.23. The molecule has 20 heavy (non-hydrogen) atoms. The van der Waals surface area contributed by atoms with Gasteiger partial charge in [0, 0.05) is 25.1 Å². The van der Waals surface area contributed by atoms with Gasteiger partial charge in [-0.1, -0.05) is 12.8 Å². The predicted octanol–water partition coefficient (Wildman–Crippen LogP) is 3.14. The van der Waals surface area contributed by atoms with Crippen molar-refractivity contribution in [3.63, 3.8) is 0 Å². The SMILES string of the molecule is Nc1cc(I)c(F)cc1N1CCC2(O)CCCCC2C1. The molecule has 1 aliphatic carbocycles. The molecule has 0 bridgehead atoms. The lowest BCUT2D eigenvalue weighted by molar-refractivity contribution is -0.0612. The molecule has 1 saturated heterocycles. The highest BCUT2D eigenvalue weighted by atomic mass is 127. The van der Waals surface area contributed by atoms with Gasteiger partial charge in [0.25, 0.3) is 0 Å². The zero-order valence-corrected chi connectivity index (χ0v) is 13.6. The van der Waals surface area contributed by atoms with E-state index in [1.807, 2.05) is 22.6 Å². The van der Waals surface area contributed by atoms with E-state index in [0.717, 1.165) is 44.5 Å². The van der Waals surface area contributed by atoms with Crippen molar-refractivity contribution < 1.29 is 9.50 Å². The van der Waals surface area contributed by atoms with Gasteiger partial charge in [-0.15, -0.1) is 0 Å². The molecule has 3 N–H and O–H groups in total. The lowest BCUT2D eigenvalue weighted by atomic mass is 9.71. The van der Waals surface area contributed by atoms with Crippen molar-refractivity contribution in [2.45, 2.75) is 37.7 Å². The fraction of sp³-hybridized carbons (Fsp3) is 0.600. The third kappa shape index (κ3) is 2.50. The van der Waals surface area contributed by atoms with Crippen LogP contribution < -0.4 is 10.6 Å².